The van der Waals surface area contributed by atoms with Gasteiger partial charge in [0.2, 0.25) is 0 Å². The van der Waals surface area contributed by atoms with Crippen LogP contribution in [0.2, 0.25) is 10.0 Å². The third-order valence-electron chi connectivity index (χ3n) is 3.65. The molecule has 0 N–H and O–H groups in total. The lowest BCUT2D eigenvalue weighted by molar-refractivity contribution is -0.384. The number of nitrogens with zero attached hydrogens (tertiary/aromatic N) is 2. The number of hydrogen-bond acceptors (Lipinski definition) is 3. The molecule has 0 spiro atoms. The van der Waals surface area contributed by atoms with Gasteiger partial charge in [-0.05, 0) is 12.8 Å². The van der Waals surface area contributed by atoms with Gasteiger partial charge in [0.25, 0.3) is 11.6 Å². The zero-order valence-electron chi connectivity index (χ0n) is 10.9. The fourth-order valence-electron chi connectivity index (χ4n) is 2.48. The highest BCUT2D eigenvalue weighted by Crippen LogP contribution is 2.33. The highest BCUT2D eigenvalue weighted by atomic mass is 35.5. The average Bonchev–Trinajstić information content (AvgIpc) is 2.93. The van der Waals surface area contributed by atoms with Crippen LogP contribution in [0.3, 0.4) is 0 Å². The van der Waals surface area contributed by atoms with E-state index < -0.39 is 4.92 Å². The Morgan fingerprint density at radius 1 is 1.35 bits per heavy atom. The molecule has 0 bridgehead atoms. The monoisotopic (exact) mass is 316 g/mol. The van der Waals surface area contributed by atoms with E-state index in [-0.39, 0.29) is 33.2 Å². The van der Waals surface area contributed by atoms with Crippen molar-refractivity contribution in [2.75, 3.05) is 7.05 Å². The van der Waals surface area contributed by atoms with Gasteiger partial charge in [-0.25, -0.2) is 0 Å². The van der Waals surface area contributed by atoms with Crippen molar-refractivity contribution in [2.45, 2.75) is 31.7 Å². The van der Waals surface area contributed by atoms with Crippen molar-refractivity contribution in [3.63, 3.8) is 0 Å². The van der Waals surface area contributed by atoms with Crippen LogP contribution in [-0.2, 0) is 0 Å². The van der Waals surface area contributed by atoms with E-state index in [2.05, 4.69) is 0 Å². The number of carbonyl (C=O) groups is 1. The third kappa shape index (κ3) is 2.88. The van der Waals surface area contributed by atoms with Crippen LogP contribution in [0.15, 0.2) is 12.1 Å². The van der Waals surface area contributed by atoms with E-state index in [1.807, 2.05) is 0 Å². The Morgan fingerprint density at radius 3 is 2.50 bits per heavy atom. The van der Waals surface area contributed by atoms with Gasteiger partial charge in [-0.2, -0.15) is 0 Å². The van der Waals surface area contributed by atoms with Gasteiger partial charge in [-0.3, -0.25) is 14.9 Å². The Hall–Kier alpha value is -1.33. The number of carbonyl (C=O) groups excluding carboxylic acids is 1. The first-order valence-electron chi connectivity index (χ1n) is 6.32. The van der Waals surface area contributed by atoms with Crippen LogP contribution in [0, 0.1) is 10.1 Å². The molecule has 5 nitrogen and oxygen atoms in total. The number of halogens is 2. The van der Waals surface area contributed by atoms with Gasteiger partial charge in [0.1, 0.15) is 0 Å². The molecule has 1 aliphatic rings. The summed E-state index contributed by atoms with van der Waals surface area (Å²) in [4.78, 5) is 24.3. The highest BCUT2D eigenvalue weighted by molar-refractivity contribution is 6.44. The molecule has 7 heteroatoms. The van der Waals surface area contributed by atoms with Crippen molar-refractivity contribution in [2.24, 2.45) is 0 Å². The smallest absolute Gasteiger partial charge is 0.271 e. The van der Waals surface area contributed by atoms with Crippen LogP contribution in [-0.4, -0.2) is 28.8 Å². The van der Waals surface area contributed by atoms with E-state index in [9.17, 15) is 14.9 Å². The fraction of sp³-hybridized carbons (Fsp3) is 0.462. The number of hydrogen-bond donors (Lipinski definition) is 0. The van der Waals surface area contributed by atoms with Crippen molar-refractivity contribution >= 4 is 34.8 Å². The van der Waals surface area contributed by atoms with Gasteiger partial charge < -0.3 is 4.90 Å². The summed E-state index contributed by atoms with van der Waals surface area (Å²) < 4.78 is 0. The van der Waals surface area contributed by atoms with Gasteiger partial charge in [-0.15, -0.1) is 0 Å². The summed E-state index contributed by atoms with van der Waals surface area (Å²) in [6.07, 6.45) is 4.07. The number of nitro benzene ring substituents is 1. The minimum absolute atomic E-state index is 0.0176. The normalized spacial score (nSPS) is 15.3. The number of amides is 1. The van der Waals surface area contributed by atoms with E-state index in [0.717, 1.165) is 31.7 Å². The average molecular weight is 317 g/mol. The molecule has 2 rings (SSSR count). The Bertz CT molecular complexity index is 557. The van der Waals surface area contributed by atoms with Crippen LogP contribution in [0.1, 0.15) is 36.0 Å². The van der Waals surface area contributed by atoms with Crippen LogP contribution in [0.25, 0.3) is 0 Å². The highest BCUT2D eigenvalue weighted by Gasteiger charge is 2.27. The molecule has 0 saturated heterocycles. The molecule has 108 valence electrons. The predicted octanol–water partition coefficient (Wildman–Crippen LogP) is 3.92. The Kier molecular flexibility index (Phi) is 4.50. The summed E-state index contributed by atoms with van der Waals surface area (Å²) >= 11 is 11.9. The van der Waals surface area contributed by atoms with Crippen molar-refractivity contribution in [3.05, 3.63) is 37.9 Å². The molecule has 1 aliphatic carbocycles. The minimum atomic E-state index is -0.589. The van der Waals surface area contributed by atoms with E-state index in [4.69, 9.17) is 23.2 Å². The molecule has 1 saturated carbocycles. The molecule has 0 unspecified atom stereocenters. The standard InChI is InChI=1S/C13H14Cl2N2O3/c1-16(8-4-2-3-5-8)13(18)10-6-9(17(19)20)7-11(14)12(10)15/h6-8H,2-5H2,1H3. The molecular formula is C13H14Cl2N2O3. The zero-order valence-corrected chi connectivity index (χ0v) is 12.4. The second-order valence-electron chi connectivity index (χ2n) is 4.90. The molecule has 0 radical (unpaired) electrons. The molecule has 1 fully saturated rings. The Labute approximate surface area is 126 Å². The van der Waals surface area contributed by atoms with Gasteiger partial charge >= 0.3 is 0 Å². The van der Waals surface area contributed by atoms with Crippen molar-refractivity contribution in [3.8, 4) is 0 Å². The van der Waals surface area contributed by atoms with Gasteiger partial charge in [0.05, 0.1) is 20.5 Å². The Balaban J connectivity index is 2.35. The summed E-state index contributed by atoms with van der Waals surface area (Å²) in [5.74, 6) is -0.326. The molecule has 0 aromatic heterocycles. The first kappa shape index (κ1) is 15.1. The molecule has 1 amide bonds. The molecule has 0 heterocycles. The largest absolute Gasteiger partial charge is 0.339 e. The summed E-state index contributed by atoms with van der Waals surface area (Å²) in [5.41, 5.74) is -0.150. The summed E-state index contributed by atoms with van der Waals surface area (Å²) in [6, 6.07) is 2.50. The summed E-state index contributed by atoms with van der Waals surface area (Å²) in [6.45, 7) is 0. The van der Waals surface area contributed by atoms with Crippen LogP contribution < -0.4 is 0 Å². The predicted molar refractivity (Wildman–Crippen MR) is 77.5 cm³/mol. The topological polar surface area (TPSA) is 63.5 Å². The molecule has 20 heavy (non-hydrogen) atoms. The SMILES string of the molecule is CN(C(=O)c1cc([N+](=O)[O-])cc(Cl)c1Cl)C1CCCC1. The molecule has 0 atom stereocenters. The lowest BCUT2D eigenvalue weighted by Gasteiger charge is -2.24. The van der Waals surface area contributed by atoms with Crippen LogP contribution >= 0.6 is 23.2 Å². The number of rotatable bonds is 3. The Morgan fingerprint density at radius 2 is 1.95 bits per heavy atom. The summed E-state index contributed by atoms with van der Waals surface area (Å²) in [5, 5.41) is 10.9. The van der Waals surface area contributed by atoms with E-state index in [1.165, 1.54) is 6.07 Å². The van der Waals surface area contributed by atoms with Crippen LogP contribution in [0.4, 0.5) is 5.69 Å². The molecule has 1 aromatic rings. The molecule has 0 aliphatic heterocycles. The molecular weight excluding hydrogens is 303 g/mol. The van der Waals surface area contributed by atoms with Crippen molar-refractivity contribution < 1.29 is 9.72 Å². The number of nitro groups is 1. The van der Waals surface area contributed by atoms with Crippen molar-refractivity contribution in [1.82, 2.24) is 4.90 Å². The second-order valence-corrected chi connectivity index (χ2v) is 5.69. The minimum Gasteiger partial charge on any atom is -0.339 e. The zero-order chi connectivity index (χ0) is 14.9. The first-order chi connectivity index (χ1) is 9.41. The van der Waals surface area contributed by atoms with Gasteiger partial charge in [-0.1, -0.05) is 36.0 Å². The quantitative estimate of drug-likeness (QED) is 0.627. The third-order valence-corrected chi connectivity index (χ3v) is 4.45. The fourth-order valence-corrected chi connectivity index (χ4v) is 2.89. The maximum Gasteiger partial charge on any atom is 0.271 e. The lowest BCUT2D eigenvalue weighted by Crippen LogP contribution is -2.35. The second kappa shape index (κ2) is 5.97. The maximum atomic E-state index is 12.4. The van der Waals surface area contributed by atoms with E-state index in [0.29, 0.717) is 0 Å². The van der Waals surface area contributed by atoms with Crippen LogP contribution in [0.5, 0.6) is 0 Å². The van der Waals surface area contributed by atoms with E-state index in [1.54, 1.807) is 11.9 Å². The maximum absolute atomic E-state index is 12.4. The van der Waals surface area contributed by atoms with E-state index >= 15 is 0 Å². The van der Waals surface area contributed by atoms with Crippen molar-refractivity contribution in [1.29, 1.82) is 0 Å². The molecule has 1 aromatic carbocycles. The summed E-state index contributed by atoms with van der Waals surface area (Å²) in [7, 11) is 1.70. The first-order valence-corrected chi connectivity index (χ1v) is 7.08. The number of benzene rings is 1. The lowest BCUT2D eigenvalue weighted by atomic mass is 10.1. The van der Waals surface area contributed by atoms with Gasteiger partial charge in [0, 0.05) is 25.2 Å². The van der Waals surface area contributed by atoms with Gasteiger partial charge in [0.15, 0.2) is 0 Å². The number of non-ortho nitro benzene ring substituents is 1.